The molecule has 0 unspecified atom stereocenters. The number of halogens is 1. The summed E-state index contributed by atoms with van der Waals surface area (Å²) in [6.45, 7) is 4.08. The molecule has 0 saturated heterocycles. The lowest BCUT2D eigenvalue weighted by molar-refractivity contribution is -0.121. The summed E-state index contributed by atoms with van der Waals surface area (Å²) in [6.07, 6.45) is 2.51. The van der Waals surface area contributed by atoms with Gasteiger partial charge in [-0.3, -0.25) is 4.79 Å². The van der Waals surface area contributed by atoms with E-state index in [1.165, 1.54) is 12.1 Å². The Morgan fingerprint density at radius 3 is 2.56 bits per heavy atom. The van der Waals surface area contributed by atoms with Crippen LogP contribution in [-0.2, 0) is 11.2 Å². The number of hydrogen-bond donors (Lipinski definition) is 2. The fourth-order valence-corrected chi connectivity index (χ4v) is 3.97. The zero-order valence-corrected chi connectivity index (χ0v) is 18.0. The Bertz CT molecular complexity index is 1350. The largest absolute Gasteiger partial charge is 0.463 e. The maximum atomic E-state index is 13.4. The van der Waals surface area contributed by atoms with E-state index in [1.54, 1.807) is 18.4 Å². The fourth-order valence-electron chi connectivity index (χ4n) is 3.97. The third-order valence-corrected chi connectivity index (χ3v) is 5.76. The number of rotatable bonds is 7. The molecule has 0 atom stereocenters. The highest BCUT2D eigenvalue weighted by Gasteiger charge is 2.19. The molecule has 0 aliphatic rings. The van der Waals surface area contributed by atoms with Crippen molar-refractivity contribution in [3.63, 3.8) is 0 Å². The highest BCUT2D eigenvalue weighted by molar-refractivity contribution is 6.04. The number of carbonyl (C=O) groups excluding carboxylic acids is 1. The summed E-state index contributed by atoms with van der Waals surface area (Å²) in [5, 5.41) is 13.1. The summed E-state index contributed by atoms with van der Waals surface area (Å²) in [7, 11) is 0. The van der Waals surface area contributed by atoms with Gasteiger partial charge in [-0.25, -0.2) is 9.18 Å². The van der Waals surface area contributed by atoms with Crippen LogP contribution >= 0.6 is 0 Å². The molecule has 0 spiro atoms. The molecule has 0 bridgehead atoms. The fraction of sp³-hybridized carbons (Fsp3) is 0.280. The molecule has 32 heavy (non-hydrogen) atoms. The minimum Gasteiger partial charge on any atom is -0.463 e. The van der Waals surface area contributed by atoms with Gasteiger partial charge in [0.15, 0.2) is 0 Å². The maximum absolute atomic E-state index is 13.4. The Morgan fingerprint density at radius 1 is 1.09 bits per heavy atom. The van der Waals surface area contributed by atoms with Crippen molar-refractivity contribution in [3.8, 4) is 11.1 Å². The van der Waals surface area contributed by atoms with Crippen LogP contribution in [0.4, 0.5) is 4.39 Å². The molecule has 6 nitrogen and oxygen atoms in total. The first-order valence-corrected chi connectivity index (χ1v) is 10.5. The van der Waals surface area contributed by atoms with Crippen LogP contribution < -0.4 is 10.9 Å². The molecule has 4 rings (SSSR count). The molecule has 7 heteroatoms. The summed E-state index contributed by atoms with van der Waals surface area (Å²) in [4.78, 5) is 24.7. The summed E-state index contributed by atoms with van der Waals surface area (Å²) >= 11 is 0. The lowest BCUT2D eigenvalue weighted by atomic mass is 9.96. The molecule has 1 amide bonds. The maximum Gasteiger partial charge on any atom is 0.339 e. The molecule has 0 saturated carbocycles. The Kier molecular flexibility index (Phi) is 6.10. The van der Waals surface area contributed by atoms with Crippen LogP contribution in [0.3, 0.4) is 0 Å². The van der Waals surface area contributed by atoms with Crippen molar-refractivity contribution in [2.24, 2.45) is 0 Å². The Morgan fingerprint density at radius 2 is 1.84 bits per heavy atom. The number of benzene rings is 2. The standard InChI is InChI=1S/C25H24FNO5/c1-14-18(8-9-22(29)27-10-3-11-28)25(30)32-24-15(2)23-20(12-19(14)24)21(13-31-23)16-4-6-17(26)7-5-16/h4-7,12-13,28H,3,8-11H2,1-2H3,(H,27,29). The van der Waals surface area contributed by atoms with E-state index in [9.17, 15) is 14.0 Å². The van der Waals surface area contributed by atoms with E-state index in [0.717, 1.165) is 27.5 Å². The van der Waals surface area contributed by atoms with Gasteiger partial charge in [0.2, 0.25) is 5.91 Å². The number of aliphatic hydroxyl groups excluding tert-OH is 1. The SMILES string of the molecule is Cc1c(CCC(=O)NCCCO)c(=O)oc2c(C)c3occ(-c4ccc(F)cc4)c3cc12. The van der Waals surface area contributed by atoms with Crippen LogP contribution in [0.15, 0.2) is 50.2 Å². The average Bonchev–Trinajstić information content (AvgIpc) is 3.20. The van der Waals surface area contributed by atoms with Crippen molar-refractivity contribution in [2.45, 2.75) is 33.1 Å². The topological polar surface area (TPSA) is 92.7 Å². The van der Waals surface area contributed by atoms with E-state index < -0.39 is 5.63 Å². The minimum absolute atomic E-state index is 0.00932. The number of fused-ring (bicyclic) bond motifs is 2. The number of carbonyl (C=O) groups is 1. The van der Waals surface area contributed by atoms with Crippen LogP contribution in [0.25, 0.3) is 33.1 Å². The molecule has 0 radical (unpaired) electrons. The molecule has 2 aromatic carbocycles. The number of hydrogen-bond acceptors (Lipinski definition) is 5. The molecule has 166 valence electrons. The van der Waals surface area contributed by atoms with Crippen LogP contribution in [0.1, 0.15) is 29.5 Å². The second-order valence-corrected chi connectivity index (χ2v) is 7.83. The van der Waals surface area contributed by atoms with Crippen molar-refractivity contribution >= 4 is 27.8 Å². The second kappa shape index (κ2) is 8.96. The smallest absolute Gasteiger partial charge is 0.339 e. The van der Waals surface area contributed by atoms with E-state index in [1.807, 2.05) is 19.9 Å². The Hall–Kier alpha value is -3.45. The first kappa shape index (κ1) is 21.8. The van der Waals surface area contributed by atoms with Gasteiger partial charge in [0.1, 0.15) is 17.0 Å². The van der Waals surface area contributed by atoms with Gasteiger partial charge in [0, 0.05) is 47.0 Å². The average molecular weight is 437 g/mol. The Balaban J connectivity index is 1.76. The minimum atomic E-state index is -0.467. The third-order valence-electron chi connectivity index (χ3n) is 5.76. The molecule has 0 fully saturated rings. The van der Waals surface area contributed by atoms with E-state index in [0.29, 0.717) is 35.3 Å². The van der Waals surface area contributed by atoms with Gasteiger partial charge >= 0.3 is 5.63 Å². The number of amides is 1. The van der Waals surface area contributed by atoms with Crippen molar-refractivity contribution in [3.05, 3.63) is 69.5 Å². The van der Waals surface area contributed by atoms with E-state index in [4.69, 9.17) is 13.9 Å². The first-order chi connectivity index (χ1) is 15.4. The number of aryl methyl sites for hydroxylation is 2. The molecule has 2 heterocycles. The van der Waals surface area contributed by atoms with Gasteiger partial charge < -0.3 is 19.3 Å². The van der Waals surface area contributed by atoms with Crippen molar-refractivity contribution in [1.29, 1.82) is 0 Å². The van der Waals surface area contributed by atoms with Crippen LogP contribution in [-0.4, -0.2) is 24.2 Å². The quantitative estimate of drug-likeness (QED) is 0.330. The molecule has 2 N–H and O–H groups in total. The molecule has 4 aromatic rings. The number of nitrogens with one attached hydrogen (secondary N) is 1. The molecule has 0 aliphatic heterocycles. The van der Waals surface area contributed by atoms with Gasteiger partial charge in [-0.05, 0) is 56.0 Å². The van der Waals surface area contributed by atoms with Crippen LogP contribution in [0, 0.1) is 19.7 Å². The third kappa shape index (κ3) is 4.03. The number of furan rings is 1. The lowest BCUT2D eigenvalue weighted by Gasteiger charge is -2.10. The monoisotopic (exact) mass is 437 g/mol. The predicted molar refractivity (Wildman–Crippen MR) is 120 cm³/mol. The van der Waals surface area contributed by atoms with Crippen LogP contribution in [0.2, 0.25) is 0 Å². The molecular weight excluding hydrogens is 413 g/mol. The molecular formula is C25H24FNO5. The van der Waals surface area contributed by atoms with Gasteiger partial charge in [-0.2, -0.15) is 0 Å². The van der Waals surface area contributed by atoms with Crippen molar-refractivity contribution < 1.29 is 23.1 Å². The zero-order valence-electron chi connectivity index (χ0n) is 18.0. The Labute approximate surface area is 183 Å². The van der Waals surface area contributed by atoms with E-state index in [2.05, 4.69) is 5.32 Å². The summed E-state index contributed by atoms with van der Waals surface area (Å²) in [6, 6.07) is 8.10. The van der Waals surface area contributed by atoms with Crippen molar-refractivity contribution in [1.82, 2.24) is 5.32 Å². The molecule has 2 aromatic heterocycles. The number of aliphatic hydroxyl groups is 1. The first-order valence-electron chi connectivity index (χ1n) is 10.5. The van der Waals surface area contributed by atoms with Gasteiger partial charge in [0.25, 0.3) is 0 Å². The van der Waals surface area contributed by atoms with E-state index >= 15 is 0 Å². The zero-order chi connectivity index (χ0) is 22.8. The predicted octanol–water partition coefficient (Wildman–Crippen LogP) is 4.39. The van der Waals surface area contributed by atoms with Gasteiger partial charge in [0.05, 0.1) is 6.26 Å². The van der Waals surface area contributed by atoms with Gasteiger partial charge in [-0.1, -0.05) is 12.1 Å². The second-order valence-electron chi connectivity index (χ2n) is 7.83. The van der Waals surface area contributed by atoms with Crippen LogP contribution in [0.5, 0.6) is 0 Å². The highest BCUT2D eigenvalue weighted by atomic mass is 19.1. The highest BCUT2D eigenvalue weighted by Crippen LogP contribution is 2.37. The summed E-state index contributed by atoms with van der Waals surface area (Å²) in [5.41, 5.74) is 4.16. The van der Waals surface area contributed by atoms with Gasteiger partial charge in [-0.15, -0.1) is 0 Å². The lowest BCUT2D eigenvalue weighted by Crippen LogP contribution is -2.26. The summed E-state index contributed by atoms with van der Waals surface area (Å²) < 4.78 is 24.8. The van der Waals surface area contributed by atoms with E-state index in [-0.39, 0.29) is 31.2 Å². The molecule has 0 aliphatic carbocycles. The summed E-state index contributed by atoms with van der Waals surface area (Å²) in [5.74, 6) is -0.497. The van der Waals surface area contributed by atoms with Crippen molar-refractivity contribution in [2.75, 3.05) is 13.2 Å². The normalized spacial score (nSPS) is 11.4.